The Morgan fingerprint density at radius 2 is 2.05 bits per heavy atom. The third kappa shape index (κ3) is 4.73. The molecule has 0 saturated heterocycles. The lowest BCUT2D eigenvalue weighted by Gasteiger charge is -2.29. The zero-order chi connectivity index (χ0) is 13.7. The van der Waals surface area contributed by atoms with E-state index in [4.69, 9.17) is 4.74 Å². The Hall–Kier alpha value is -0.120. The van der Waals surface area contributed by atoms with Gasteiger partial charge in [-0.05, 0) is 43.4 Å². The SMILES string of the molecule is CCC1(CNCC(O)COC2CCCCC2C)CC1. The Bertz CT molecular complexity index is 265. The van der Waals surface area contributed by atoms with Crippen molar-refractivity contribution in [3.05, 3.63) is 0 Å². The molecule has 0 bridgehead atoms. The lowest BCUT2D eigenvalue weighted by atomic mass is 9.88. The molecule has 0 heterocycles. The van der Waals surface area contributed by atoms with Gasteiger partial charge < -0.3 is 15.2 Å². The second-order valence-corrected chi connectivity index (χ2v) is 6.77. The van der Waals surface area contributed by atoms with Crippen molar-refractivity contribution < 1.29 is 9.84 Å². The monoisotopic (exact) mass is 269 g/mol. The summed E-state index contributed by atoms with van der Waals surface area (Å²) < 4.78 is 5.89. The van der Waals surface area contributed by atoms with Crippen molar-refractivity contribution in [1.82, 2.24) is 5.32 Å². The summed E-state index contributed by atoms with van der Waals surface area (Å²) in [6.07, 6.45) is 9.03. The van der Waals surface area contributed by atoms with Gasteiger partial charge in [-0.1, -0.05) is 26.7 Å². The smallest absolute Gasteiger partial charge is 0.0897 e. The van der Waals surface area contributed by atoms with Crippen LogP contribution in [0.3, 0.4) is 0 Å². The molecule has 2 rings (SSSR count). The standard InChI is InChI=1S/C16H31NO2/c1-3-16(8-9-16)12-17-10-14(18)11-19-15-7-5-4-6-13(15)2/h13-15,17-18H,3-12H2,1-2H3. The first-order valence-corrected chi connectivity index (χ1v) is 8.15. The Morgan fingerprint density at radius 3 is 2.68 bits per heavy atom. The first kappa shape index (κ1) is 15.3. The summed E-state index contributed by atoms with van der Waals surface area (Å²) in [7, 11) is 0. The maximum atomic E-state index is 9.97. The summed E-state index contributed by atoms with van der Waals surface area (Å²) in [5.74, 6) is 0.656. The number of aliphatic hydroxyl groups excluding tert-OH is 1. The van der Waals surface area contributed by atoms with Gasteiger partial charge in [0.25, 0.3) is 0 Å². The molecule has 2 fully saturated rings. The molecule has 19 heavy (non-hydrogen) atoms. The van der Waals surface area contributed by atoms with Crippen LogP contribution in [-0.2, 0) is 4.74 Å². The van der Waals surface area contributed by atoms with Crippen molar-refractivity contribution in [3.63, 3.8) is 0 Å². The molecule has 3 nitrogen and oxygen atoms in total. The predicted octanol–water partition coefficient (Wildman–Crippen LogP) is 2.72. The summed E-state index contributed by atoms with van der Waals surface area (Å²) in [6.45, 7) is 6.75. The normalized spacial score (nSPS) is 31.1. The van der Waals surface area contributed by atoms with E-state index in [9.17, 15) is 5.11 Å². The quantitative estimate of drug-likeness (QED) is 0.712. The van der Waals surface area contributed by atoms with Crippen molar-refractivity contribution >= 4 is 0 Å². The minimum absolute atomic E-state index is 0.359. The highest BCUT2D eigenvalue weighted by atomic mass is 16.5. The second-order valence-electron chi connectivity index (χ2n) is 6.77. The minimum atomic E-state index is -0.359. The molecule has 0 radical (unpaired) electrons. The van der Waals surface area contributed by atoms with Gasteiger partial charge in [0, 0.05) is 13.1 Å². The Kier molecular flexibility index (Phi) is 5.67. The molecule has 2 saturated carbocycles. The number of aliphatic hydroxyl groups is 1. The van der Waals surface area contributed by atoms with Gasteiger partial charge in [-0.3, -0.25) is 0 Å². The molecule has 2 aliphatic carbocycles. The summed E-state index contributed by atoms with van der Waals surface area (Å²) in [4.78, 5) is 0. The molecule has 3 atom stereocenters. The highest BCUT2D eigenvalue weighted by Crippen LogP contribution is 2.47. The largest absolute Gasteiger partial charge is 0.389 e. The third-order valence-electron chi connectivity index (χ3n) is 5.12. The highest BCUT2D eigenvalue weighted by Gasteiger charge is 2.39. The Morgan fingerprint density at radius 1 is 1.32 bits per heavy atom. The van der Waals surface area contributed by atoms with Gasteiger partial charge in [0.2, 0.25) is 0 Å². The number of hydrogen-bond acceptors (Lipinski definition) is 3. The van der Waals surface area contributed by atoms with E-state index in [0.717, 1.165) is 6.54 Å². The van der Waals surface area contributed by atoms with Crippen molar-refractivity contribution in [2.75, 3.05) is 19.7 Å². The highest BCUT2D eigenvalue weighted by molar-refractivity contribution is 4.93. The molecule has 0 aromatic carbocycles. The molecule has 112 valence electrons. The van der Waals surface area contributed by atoms with E-state index >= 15 is 0 Å². The molecule has 2 aliphatic rings. The first-order chi connectivity index (χ1) is 9.15. The molecule has 2 N–H and O–H groups in total. The Balaban J connectivity index is 1.55. The Labute approximate surface area is 118 Å². The van der Waals surface area contributed by atoms with Crippen LogP contribution in [0.15, 0.2) is 0 Å². The van der Waals surface area contributed by atoms with Gasteiger partial charge in [-0.15, -0.1) is 0 Å². The van der Waals surface area contributed by atoms with Crippen molar-refractivity contribution in [3.8, 4) is 0 Å². The van der Waals surface area contributed by atoms with E-state index in [1.807, 2.05) is 0 Å². The number of hydrogen-bond donors (Lipinski definition) is 2. The van der Waals surface area contributed by atoms with Gasteiger partial charge >= 0.3 is 0 Å². The first-order valence-electron chi connectivity index (χ1n) is 8.15. The van der Waals surface area contributed by atoms with E-state index in [0.29, 0.717) is 30.6 Å². The fourth-order valence-corrected chi connectivity index (χ4v) is 3.16. The van der Waals surface area contributed by atoms with Gasteiger partial charge in [0.1, 0.15) is 0 Å². The molecule has 0 spiro atoms. The van der Waals surface area contributed by atoms with E-state index in [-0.39, 0.29) is 6.10 Å². The maximum absolute atomic E-state index is 9.97. The van der Waals surface area contributed by atoms with Crippen LogP contribution in [0.1, 0.15) is 58.8 Å². The maximum Gasteiger partial charge on any atom is 0.0897 e. The van der Waals surface area contributed by atoms with Crippen LogP contribution in [-0.4, -0.2) is 37.0 Å². The van der Waals surface area contributed by atoms with Crippen LogP contribution < -0.4 is 5.32 Å². The van der Waals surface area contributed by atoms with Crippen LogP contribution in [0.2, 0.25) is 0 Å². The average Bonchev–Trinajstić information content (AvgIpc) is 3.18. The molecule has 0 aromatic heterocycles. The summed E-state index contributed by atoms with van der Waals surface area (Å²) in [5.41, 5.74) is 0.554. The molecule has 3 heteroatoms. The van der Waals surface area contributed by atoms with E-state index in [1.165, 1.54) is 44.9 Å². The predicted molar refractivity (Wildman–Crippen MR) is 78.2 cm³/mol. The van der Waals surface area contributed by atoms with E-state index in [2.05, 4.69) is 19.2 Å². The molecule has 0 amide bonds. The molecule has 3 unspecified atom stereocenters. The van der Waals surface area contributed by atoms with Crippen molar-refractivity contribution in [2.45, 2.75) is 71.0 Å². The van der Waals surface area contributed by atoms with Gasteiger partial charge in [0.05, 0.1) is 18.8 Å². The van der Waals surface area contributed by atoms with Crippen LogP contribution in [0.25, 0.3) is 0 Å². The van der Waals surface area contributed by atoms with Crippen LogP contribution >= 0.6 is 0 Å². The van der Waals surface area contributed by atoms with Gasteiger partial charge in [-0.2, -0.15) is 0 Å². The fourth-order valence-electron chi connectivity index (χ4n) is 3.16. The van der Waals surface area contributed by atoms with Crippen LogP contribution in [0, 0.1) is 11.3 Å². The van der Waals surface area contributed by atoms with Crippen LogP contribution in [0.5, 0.6) is 0 Å². The summed E-state index contributed by atoms with van der Waals surface area (Å²) in [5, 5.41) is 13.4. The topological polar surface area (TPSA) is 41.5 Å². The lowest BCUT2D eigenvalue weighted by molar-refractivity contribution is -0.0453. The van der Waals surface area contributed by atoms with Crippen molar-refractivity contribution in [2.24, 2.45) is 11.3 Å². The van der Waals surface area contributed by atoms with Gasteiger partial charge in [0.15, 0.2) is 0 Å². The van der Waals surface area contributed by atoms with Crippen molar-refractivity contribution in [1.29, 1.82) is 0 Å². The summed E-state index contributed by atoms with van der Waals surface area (Å²) >= 11 is 0. The average molecular weight is 269 g/mol. The van der Waals surface area contributed by atoms with Crippen LogP contribution in [0.4, 0.5) is 0 Å². The second kappa shape index (κ2) is 7.05. The number of nitrogens with one attached hydrogen (secondary N) is 1. The third-order valence-corrected chi connectivity index (χ3v) is 5.12. The summed E-state index contributed by atoms with van der Waals surface area (Å²) in [6, 6.07) is 0. The zero-order valence-corrected chi connectivity index (χ0v) is 12.7. The lowest BCUT2D eigenvalue weighted by Crippen LogP contribution is -2.36. The molecular weight excluding hydrogens is 238 g/mol. The molecule has 0 aliphatic heterocycles. The number of rotatable bonds is 8. The van der Waals surface area contributed by atoms with Gasteiger partial charge in [-0.25, -0.2) is 0 Å². The van der Waals surface area contributed by atoms with E-state index < -0.39 is 0 Å². The molecular formula is C16H31NO2. The van der Waals surface area contributed by atoms with E-state index in [1.54, 1.807) is 0 Å². The fraction of sp³-hybridized carbons (Fsp3) is 1.00. The number of ether oxygens (including phenoxy) is 1. The zero-order valence-electron chi connectivity index (χ0n) is 12.7. The minimum Gasteiger partial charge on any atom is -0.389 e. The molecule has 0 aromatic rings.